The van der Waals surface area contributed by atoms with Crippen LogP contribution in [0.25, 0.3) is 65.0 Å². The quantitative estimate of drug-likeness (QED) is 0.190. The number of hydrogen-bond acceptors (Lipinski definition) is 1. The second kappa shape index (κ2) is 10.4. The van der Waals surface area contributed by atoms with Gasteiger partial charge in [-0.1, -0.05) is 146 Å². The number of hydrogen-bond donors (Lipinski definition) is 0. The Balaban J connectivity index is 1.45. The lowest BCUT2D eigenvalue weighted by atomic mass is 9.89. The van der Waals surface area contributed by atoms with Crippen LogP contribution in [0.1, 0.15) is 0 Å². The van der Waals surface area contributed by atoms with Crippen LogP contribution in [0.15, 0.2) is 176 Å². The van der Waals surface area contributed by atoms with Crippen LogP contribution in [0.3, 0.4) is 0 Å². The Kier molecular flexibility index (Phi) is 5.89. The van der Waals surface area contributed by atoms with E-state index < -0.39 is 0 Å². The minimum Gasteiger partial charge on any atom is -0.309 e. The summed E-state index contributed by atoms with van der Waals surface area (Å²) < 4.78 is 0. The second-order valence-electron chi connectivity index (χ2n) is 11.8. The fraction of sp³-hybridized carbons (Fsp3) is 0. The van der Waals surface area contributed by atoms with E-state index in [4.69, 9.17) is 0 Å². The SMILES string of the molecule is c1ccc2cc(-c3c(N(c4ccc5ccccc5c4)c4ccc5ccccc5c4)c4ccccc4c4ccccc34)ccc2c1. The van der Waals surface area contributed by atoms with Crippen molar-refractivity contribution in [2.45, 2.75) is 0 Å². The third kappa shape index (κ3) is 4.24. The Bertz CT molecular complexity index is 2480. The minimum absolute atomic E-state index is 1.13. The summed E-state index contributed by atoms with van der Waals surface area (Å²) >= 11 is 0. The molecule has 9 aromatic carbocycles. The van der Waals surface area contributed by atoms with E-state index in [1.54, 1.807) is 0 Å². The molecule has 45 heavy (non-hydrogen) atoms. The van der Waals surface area contributed by atoms with Gasteiger partial charge in [-0.3, -0.25) is 0 Å². The molecule has 0 bridgehead atoms. The summed E-state index contributed by atoms with van der Waals surface area (Å²) in [6.45, 7) is 0. The summed E-state index contributed by atoms with van der Waals surface area (Å²) in [5, 5.41) is 12.4. The predicted molar refractivity (Wildman–Crippen MR) is 194 cm³/mol. The molecule has 1 nitrogen and oxygen atoms in total. The highest BCUT2D eigenvalue weighted by Crippen LogP contribution is 2.50. The lowest BCUT2D eigenvalue weighted by Crippen LogP contribution is -2.12. The molecule has 0 aliphatic heterocycles. The van der Waals surface area contributed by atoms with Crippen LogP contribution in [0.5, 0.6) is 0 Å². The molecule has 0 aliphatic rings. The Morgan fingerprint density at radius 1 is 0.289 bits per heavy atom. The lowest BCUT2D eigenvalue weighted by molar-refractivity contribution is 1.31. The van der Waals surface area contributed by atoms with Gasteiger partial charge in [0.1, 0.15) is 0 Å². The van der Waals surface area contributed by atoms with Gasteiger partial charge in [0, 0.05) is 22.3 Å². The fourth-order valence-corrected chi connectivity index (χ4v) is 7.03. The molecule has 1 heteroatoms. The lowest BCUT2D eigenvalue weighted by Gasteiger charge is -2.31. The van der Waals surface area contributed by atoms with Gasteiger partial charge in [0.25, 0.3) is 0 Å². The van der Waals surface area contributed by atoms with Crippen molar-refractivity contribution >= 4 is 70.9 Å². The molecule has 210 valence electrons. The molecule has 0 N–H and O–H groups in total. The Morgan fingerprint density at radius 2 is 0.689 bits per heavy atom. The average Bonchev–Trinajstić information content (AvgIpc) is 3.11. The van der Waals surface area contributed by atoms with Crippen molar-refractivity contribution in [1.29, 1.82) is 0 Å². The van der Waals surface area contributed by atoms with E-state index >= 15 is 0 Å². The standard InChI is InChI=1S/C44H29N/c1-4-14-33-27-36(22-21-30(33)11-1)43-41-19-9-7-17-39(41)40-18-8-10-20-42(40)44(43)45(37-25-23-31-12-2-5-15-34(31)28-37)38-26-24-32-13-3-6-16-35(32)29-38/h1-29H. The first-order chi connectivity index (χ1) is 22.3. The number of benzene rings is 9. The zero-order chi connectivity index (χ0) is 29.7. The summed E-state index contributed by atoms with van der Waals surface area (Å²) in [5.74, 6) is 0. The summed E-state index contributed by atoms with van der Waals surface area (Å²) in [6.07, 6.45) is 0. The minimum atomic E-state index is 1.13. The van der Waals surface area contributed by atoms with Gasteiger partial charge in [0.2, 0.25) is 0 Å². The number of nitrogens with zero attached hydrogens (tertiary/aromatic N) is 1. The van der Waals surface area contributed by atoms with E-state index in [0.717, 1.165) is 11.4 Å². The van der Waals surface area contributed by atoms with E-state index in [1.165, 1.54) is 70.7 Å². The van der Waals surface area contributed by atoms with E-state index in [0.29, 0.717) is 0 Å². The topological polar surface area (TPSA) is 3.24 Å². The van der Waals surface area contributed by atoms with E-state index in [2.05, 4.69) is 181 Å². The molecule has 0 fully saturated rings. The third-order valence-electron chi connectivity index (χ3n) is 9.15. The van der Waals surface area contributed by atoms with Crippen molar-refractivity contribution in [1.82, 2.24) is 0 Å². The maximum atomic E-state index is 2.48. The van der Waals surface area contributed by atoms with Crippen molar-refractivity contribution in [3.05, 3.63) is 176 Å². The molecule has 0 aromatic heterocycles. The Hall–Kier alpha value is -5.92. The molecule has 0 radical (unpaired) electrons. The first-order valence-electron chi connectivity index (χ1n) is 15.5. The molecule has 0 atom stereocenters. The normalized spacial score (nSPS) is 11.6. The molecule has 9 aromatic rings. The van der Waals surface area contributed by atoms with Crippen LogP contribution in [-0.2, 0) is 0 Å². The van der Waals surface area contributed by atoms with Crippen molar-refractivity contribution in [3.8, 4) is 11.1 Å². The first kappa shape index (κ1) is 25.6. The summed E-state index contributed by atoms with van der Waals surface area (Å²) in [5.41, 5.74) is 5.89. The molecule has 0 heterocycles. The van der Waals surface area contributed by atoms with E-state index in [-0.39, 0.29) is 0 Å². The highest BCUT2D eigenvalue weighted by atomic mass is 15.1. The molecule has 0 saturated heterocycles. The van der Waals surface area contributed by atoms with Crippen LogP contribution in [0, 0.1) is 0 Å². The maximum Gasteiger partial charge on any atom is 0.0624 e. The van der Waals surface area contributed by atoms with Crippen LogP contribution in [0.2, 0.25) is 0 Å². The van der Waals surface area contributed by atoms with Crippen LogP contribution in [-0.4, -0.2) is 0 Å². The van der Waals surface area contributed by atoms with Gasteiger partial charge in [-0.15, -0.1) is 0 Å². The zero-order valence-electron chi connectivity index (χ0n) is 24.7. The van der Waals surface area contributed by atoms with Crippen LogP contribution < -0.4 is 4.90 Å². The molecule has 9 rings (SSSR count). The zero-order valence-corrected chi connectivity index (χ0v) is 24.7. The number of rotatable bonds is 4. The first-order valence-corrected chi connectivity index (χ1v) is 15.5. The van der Waals surface area contributed by atoms with Crippen LogP contribution >= 0.6 is 0 Å². The Labute approximate surface area is 262 Å². The van der Waals surface area contributed by atoms with Crippen molar-refractivity contribution in [2.75, 3.05) is 4.90 Å². The monoisotopic (exact) mass is 571 g/mol. The van der Waals surface area contributed by atoms with Gasteiger partial charge in [0.05, 0.1) is 5.69 Å². The Morgan fingerprint density at radius 3 is 1.24 bits per heavy atom. The largest absolute Gasteiger partial charge is 0.309 e. The van der Waals surface area contributed by atoms with E-state index in [9.17, 15) is 0 Å². The average molecular weight is 572 g/mol. The van der Waals surface area contributed by atoms with Crippen molar-refractivity contribution in [2.24, 2.45) is 0 Å². The van der Waals surface area contributed by atoms with Gasteiger partial charge in [0.15, 0.2) is 0 Å². The highest BCUT2D eigenvalue weighted by molar-refractivity contribution is 6.23. The summed E-state index contributed by atoms with van der Waals surface area (Å²) in [6, 6.07) is 64.3. The molecular formula is C44H29N. The van der Waals surface area contributed by atoms with Gasteiger partial charge in [-0.2, -0.15) is 0 Å². The predicted octanol–water partition coefficient (Wildman–Crippen LogP) is 12.6. The summed E-state index contributed by atoms with van der Waals surface area (Å²) in [4.78, 5) is 2.48. The fourth-order valence-electron chi connectivity index (χ4n) is 7.03. The second-order valence-corrected chi connectivity index (χ2v) is 11.8. The van der Waals surface area contributed by atoms with Crippen LogP contribution in [0.4, 0.5) is 17.1 Å². The third-order valence-corrected chi connectivity index (χ3v) is 9.15. The molecule has 0 aliphatic carbocycles. The van der Waals surface area contributed by atoms with Gasteiger partial charge in [-0.25, -0.2) is 0 Å². The molecule has 0 amide bonds. The maximum absolute atomic E-state index is 2.48. The molecule has 0 unspecified atom stereocenters. The highest BCUT2D eigenvalue weighted by Gasteiger charge is 2.24. The summed E-state index contributed by atoms with van der Waals surface area (Å²) in [7, 11) is 0. The molecule has 0 saturated carbocycles. The van der Waals surface area contributed by atoms with Gasteiger partial charge in [-0.05, 0) is 84.4 Å². The van der Waals surface area contributed by atoms with Gasteiger partial charge >= 0.3 is 0 Å². The molecular weight excluding hydrogens is 542 g/mol. The number of fused-ring (bicyclic) bond motifs is 6. The van der Waals surface area contributed by atoms with Crippen molar-refractivity contribution in [3.63, 3.8) is 0 Å². The number of anilines is 3. The molecule has 0 spiro atoms. The van der Waals surface area contributed by atoms with E-state index in [1.807, 2.05) is 0 Å². The van der Waals surface area contributed by atoms with Crippen molar-refractivity contribution < 1.29 is 0 Å². The van der Waals surface area contributed by atoms with Gasteiger partial charge < -0.3 is 4.90 Å². The smallest absolute Gasteiger partial charge is 0.0624 e.